The number of cyclic esters (lactones) is 1. The highest BCUT2D eigenvalue weighted by Gasteiger charge is 2.51. The van der Waals surface area contributed by atoms with Crippen LogP contribution in [0, 0.1) is 5.92 Å². The predicted octanol–water partition coefficient (Wildman–Crippen LogP) is 4.35. The molecule has 0 bridgehead atoms. The van der Waals surface area contributed by atoms with Crippen LogP contribution in [-0.2, 0) is 20.7 Å². The Hall–Kier alpha value is -2.88. The first kappa shape index (κ1) is 29.6. The number of rotatable bonds is 10. The summed E-state index contributed by atoms with van der Waals surface area (Å²) in [4.78, 5) is 29.2. The van der Waals surface area contributed by atoms with E-state index in [2.05, 4.69) is 44.3 Å². The number of hydrogen-bond donors (Lipinski definition) is 1. The van der Waals surface area contributed by atoms with Crippen molar-refractivity contribution in [3.63, 3.8) is 0 Å². The van der Waals surface area contributed by atoms with Gasteiger partial charge in [0.25, 0.3) is 0 Å². The van der Waals surface area contributed by atoms with Gasteiger partial charge in [0.2, 0.25) is 5.91 Å². The summed E-state index contributed by atoms with van der Waals surface area (Å²) in [5.41, 5.74) is 2.28. The van der Waals surface area contributed by atoms with Crippen LogP contribution >= 0.6 is 0 Å². The molecule has 2 aromatic rings. The van der Waals surface area contributed by atoms with Crippen LogP contribution < -0.4 is 14.8 Å². The van der Waals surface area contributed by atoms with E-state index >= 15 is 0 Å². The van der Waals surface area contributed by atoms with Gasteiger partial charge in [-0.15, -0.1) is 0 Å². The molecule has 0 aliphatic carbocycles. The lowest BCUT2D eigenvalue weighted by atomic mass is 9.95. The van der Waals surface area contributed by atoms with Gasteiger partial charge in [-0.3, -0.25) is 9.69 Å². The lowest BCUT2D eigenvalue weighted by molar-refractivity contribution is -0.135. The number of aryl methyl sites for hydroxylation is 1. The molecule has 8 nitrogen and oxygen atoms in total. The Morgan fingerprint density at radius 3 is 2.59 bits per heavy atom. The van der Waals surface area contributed by atoms with Crippen molar-refractivity contribution in [3.05, 3.63) is 54.1 Å². The average Bonchev–Trinajstić information content (AvgIpc) is 3.70. The number of carbonyl (C=O) groups excluding carboxylic acids is 2. The Kier molecular flexibility index (Phi) is 9.06. The first-order chi connectivity index (χ1) is 19.7. The van der Waals surface area contributed by atoms with Crippen LogP contribution in [0.1, 0.15) is 38.2 Å². The first-order valence-electron chi connectivity index (χ1n) is 15.0. The van der Waals surface area contributed by atoms with E-state index in [1.807, 2.05) is 29.2 Å². The van der Waals surface area contributed by atoms with Crippen molar-refractivity contribution in [2.24, 2.45) is 5.92 Å². The van der Waals surface area contributed by atoms with Crippen LogP contribution in [0.15, 0.2) is 48.5 Å². The van der Waals surface area contributed by atoms with E-state index in [1.165, 1.54) is 5.19 Å². The number of aliphatic hydroxyl groups excluding tert-OH is 1. The van der Waals surface area contributed by atoms with Gasteiger partial charge in [-0.05, 0) is 67.0 Å². The van der Waals surface area contributed by atoms with Crippen molar-refractivity contribution >= 4 is 30.9 Å². The van der Waals surface area contributed by atoms with E-state index in [4.69, 9.17) is 14.2 Å². The van der Waals surface area contributed by atoms with Crippen LogP contribution in [-0.4, -0.2) is 81.7 Å². The van der Waals surface area contributed by atoms with Crippen molar-refractivity contribution in [2.45, 2.75) is 75.9 Å². The van der Waals surface area contributed by atoms with Gasteiger partial charge in [0, 0.05) is 12.2 Å². The Morgan fingerprint density at radius 2 is 1.90 bits per heavy atom. The van der Waals surface area contributed by atoms with Crippen molar-refractivity contribution in [1.29, 1.82) is 0 Å². The third kappa shape index (κ3) is 6.17. The molecule has 3 saturated heterocycles. The normalized spacial score (nSPS) is 26.5. The second kappa shape index (κ2) is 12.5. The minimum absolute atomic E-state index is 0.0139. The van der Waals surface area contributed by atoms with Gasteiger partial charge in [0.15, 0.2) is 0 Å². The monoisotopic (exact) mass is 580 g/mol. The summed E-state index contributed by atoms with van der Waals surface area (Å²) in [6, 6.07) is 16.5. The summed E-state index contributed by atoms with van der Waals surface area (Å²) in [7, 11) is -0.401. The molecule has 2 aromatic carbocycles. The zero-order chi connectivity index (χ0) is 29.1. The third-order valence-electron chi connectivity index (χ3n) is 9.56. The highest BCUT2D eigenvalue weighted by Crippen LogP contribution is 2.46. The molecule has 5 rings (SSSR count). The molecular formula is C32H44N2O6Si. The first-order valence-corrected chi connectivity index (χ1v) is 18.0. The van der Waals surface area contributed by atoms with Crippen molar-refractivity contribution in [1.82, 2.24) is 4.90 Å². The summed E-state index contributed by atoms with van der Waals surface area (Å²) in [5, 5.41) is 11.2. The molecule has 9 heteroatoms. The maximum absolute atomic E-state index is 13.5. The minimum atomic E-state index is -2.08. The zero-order valence-corrected chi connectivity index (χ0v) is 25.8. The Bertz CT molecular complexity index is 1220. The molecule has 3 fully saturated rings. The van der Waals surface area contributed by atoms with Crippen LogP contribution in [0.3, 0.4) is 0 Å². The van der Waals surface area contributed by atoms with Crippen LogP contribution in [0.5, 0.6) is 5.75 Å². The summed E-state index contributed by atoms with van der Waals surface area (Å²) >= 11 is 0. The summed E-state index contributed by atoms with van der Waals surface area (Å²) in [6.45, 7) is 8.79. The summed E-state index contributed by atoms with van der Waals surface area (Å²) < 4.78 is 17.4. The number of ether oxygens (including phenoxy) is 3. The number of carbonyl (C=O) groups is 2. The zero-order valence-electron chi connectivity index (χ0n) is 24.8. The third-order valence-corrected chi connectivity index (χ3v) is 13.9. The van der Waals surface area contributed by atoms with Crippen molar-refractivity contribution in [2.75, 3.05) is 38.3 Å². The maximum atomic E-state index is 13.5. The van der Waals surface area contributed by atoms with Gasteiger partial charge >= 0.3 is 6.09 Å². The fourth-order valence-corrected chi connectivity index (χ4v) is 11.4. The highest BCUT2D eigenvalue weighted by molar-refractivity contribution is 6.91. The van der Waals surface area contributed by atoms with E-state index in [0.29, 0.717) is 26.1 Å². The minimum Gasteiger partial charge on any atom is -0.497 e. The van der Waals surface area contributed by atoms with Crippen LogP contribution in [0.2, 0.25) is 18.6 Å². The van der Waals surface area contributed by atoms with Gasteiger partial charge in [0.05, 0.1) is 53.0 Å². The van der Waals surface area contributed by atoms with E-state index in [-0.39, 0.29) is 48.3 Å². The van der Waals surface area contributed by atoms with Crippen molar-refractivity contribution in [3.8, 4) is 5.75 Å². The van der Waals surface area contributed by atoms with Crippen molar-refractivity contribution < 1.29 is 28.9 Å². The molecule has 222 valence electrons. The molecule has 41 heavy (non-hydrogen) atoms. The molecule has 5 atom stereocenters. The van der Waals surface area contributed by atoms with Gasteiger partial charge in [-0.25, -0.2) is 4.79 Å². The molecule has 3 aliphatic rings. The fraction of sp³-hybridized carbons (Fsp3) is 0.562. The average molecular weight is 581 g/mol. The second-order valence-corrected chi connectivity index (χ2v) is 17.0. The number of anilines is 1. The molecule has 3 aliphatic heterocycles. The van der Waals surface area contributed by atoms with Crippen LogP contribution in [0.25, 0.3) is 0 Å². The Labute approximate surface area is 244 Å². The van der Waals surface area contributed by atoms with E-state index in [1.54, 1.807) is 12.0 Å². The molecule has 0 saturated carbocycles. The maximum Gasteiger partial charge on any atom is 0.414 e. The quantitative estimate of drug-likeness (QED) is 0.421. The molecule has 0 aromatic heterocycles. The van der Waals surface area contributed by atoms with Gasteiger partial charge < -0.3 is 24.2 Å². The topological polar surface area (TPSA) is 88.5 Å². The number of benzene rings is 2. The molecule has 0 spiro atoms. The molecule has 0 radical (unpaired) electrons. The summed E-state index contributed by atoms with van der Waals surface area (Å²) in [6.07, 6.45) is 3.36. The fourth-order valence-electron chi connectivity index (χ4n) is 7.30. The number of hydrogen-bond acceptors (Lipinski definition) is 6. The smallest absolute Gasteiger partial charge is 0.414 e. The van der Waals surface area contributed by atoms with E-state index < -0.39 is 8.07 Å². The summed E-state index contributed by atoms with van der Waals surface area (Å²) in [5.74, 6) is 1.21. The molecule has 3 heterocycles. The predicted molar refractivity (Wildman–Crippen MR) is 162 cm³/mol. The number of methoxy groups -OCH3 is 1. The Morgan fingerprint density at radius 1 is 1.12 bits per heavy atom. The number of nitrogens with zero attached hydrogens (tertiary/aromatic N) is 2. The number of amides is 2. The SMILES string of the molecule is COc1ccc([Si](C)(C)[C@@H]2[C@@H](C)[C@@H](CCc3cccc(N4CCOC4=O)c3)O[C@H]2CC(=O)N2CCC[C@H]2CO)cc1. The molecule has 1 N–H and O–H groups in total. The number of aliphatic hydroxyl groups is 1. The largest absolute Gasteiger partial charge is 0.497 e. The molecular weight excluding hydrogens is 536 g/mol. The van der Waals surface area contributed by atoms with E-state index in [0.717, 1.165) is 42.7 Å². The van der Waals surface area contributed by atoms with Gasteiger partial charge in [-0.1, -0.05) is 49.5 Å². The molecule has 2 amide bonds. The van der Waals surface area contributed by atoms with Gasteiger partial charge in [-0.2, -0.15) is 0 Å². The lowest BCUT2D eigenvalue weighted by Gasteiger charge is -2.36. The Balaban J connectivity index is 1.35. The second-order valence-electron chi connectivity index (χ2n) is 12.3. The number of likely N-dealkylation sites (tertiary alicyclic amines) is 1. The highest BCUT2D eigenvalue weighted by atomic mass is 28.3. The van der Waals surface area contributed by atoms with E-state index in [9.17, 15) is 14.7 Å². The van der Waals surface area contributed by atoms with Crippen LogP contribution in [0.4, 0.5) is 10.5 Å². The molecule has 0 unspecified atom stereocenters. The van der Waals surface area contributed by atoms with Gasteiger partial charge in [0.1, 0.15) is 12.4 Å². The lowest BCUT2D eigenvalue weighted by Crippen LogP contribution is -2.51. The standard InChI is InChI=1S/C32H44N2O6Si/c1-22-28(15-10-23-7-5-8-24(19-23)34-17-18-39-32(34)37)40-29(20-30(36)33-16-6-9-25(33)21-35)31(22)41(3,4)27-13-11-26(38-2)12-14-27/h5,7-8,11-14,19,22,25,28-29,31,35H,6,9-10,15-18,20-21H2,1-4H3/t22-,25-,28+,29-,31+/m0/s1.